The van der Waals surface area contributed by atoms with Crippen molar-refractivity contribution in [2.45, 2.75) is 20.8 Å². The van der Waals surface area contributed by atoms with Gasteiger partial charge >= 0.3 is 0 Å². The number of hydrogen-bond donors (Lipinski definition) is 2. The first kappa shape index (κ1) is 18.5. The molecule has 0 radical (unpaired) electrons. The molecular weight excluding hydrogens is 341 g/mol. The number of amides is 1. The molecule has 1 amide bonds. The summed E-state index contributed by atoms with van der Waals surface area (Å²) in [6, 6.07) is 13.3. The number of hydrogen-bond acceptors (Lipinski definition) is 3. The van der Waals surface area contributed by atoms with Gasteiger partial charge in [-0.2, -0.15) is 0 Å². The predicted molar refractivity (Wildman–Crippen MR) is 106 cm³/mol. The van der Waals surface area contributed by atoms with E-state index >= 15 is 0 Å². The second-order valence-corrected chi connectivity index (χ2v) is 6.50. The summed E-state index contributed by atoms with van der Waals surface area (Å²) in [5.41, 5.74) is 5.57. The van der Waals surface area contributed by atoms with Crippen molar-refractivity contribution < 1.29 is 9.18 Å². The van der Waals surface area contributed by atoms with E-state index in [4.69, 9.17) is 5.41 Å². The number of aryl methyl sites for hydroxylation is 2. The van der Waals surface area contributed by atoms with E-state index in [9.17, 15) is 9.18 Å². The van der Waals surface area contributed by atoms with Crippen molar-refractivity contribution in [1.82, 2.24) is 4.98 Å². The second kappa shape index (κ2) is 7.50. The molecule has 1 aromatic heterocycles. The Bertz CT molecular complexity index is 1010. The zero-order valence-corrected chi connectivity index (χ0v) is 15.4. The van der Waals surface area contributed by atoms with Crippen LogP contribution in [0.3, 0.4) is 0 Å². The molecule has 0 fully saturated rings. The third-order valence-electron chi connectivity index (χ3n) is 4.44. The summed E-state index contributed by atoms with van der Waals surface area (Å²) in [5.74, 6) is -1.14. The zero-order valence-electron chi connectivity index (χ0n) is 15.4. The summed E-state index contributed by atoms with van der Waals surface area (Å²) in [6.07, 6.45) is 2.49. The maximum Gasteiger partial charge on any atom is 0.259 e. The minimum absolute atomic E-state index is 0.000852. The lowest BCUT2D eigenvalue weighted by Crippen LogP contribution is -2.15. The normalized spacial score (nSPS) is 10.5. The highest BCUT2D eigenvalue weighted by atomic mass is 19.1. The first-order valence-corrected chi connectivity index (χ1v) is 8.55. The third-order valence-corrected chi connectivity index (χ3v) is 4.44. The van der Waals surface area contributed by atoms with Gasteiger partial charge in [-0.15, -0.1) is 0 Å². The molecule has 0 saturated carbocycles. The summed E-state index contributed by atoms with van der Waals surface area (Å²) >= 11 is 0. The minimum Gasteiger partial charge on any atom is -0.322 e. The van der Waals surface area contributed by atoms with E-state index < -0.39 is 11.7 Å². The fourth-order valence-electron chi connectivity index (χ4n) is 2.91. The minimum atomic E-state index is -0.640. The smallest absolute Gasteiger partial charge is 0.259 e. The summed E-state index contributed by atoms with van der Waals surface area (Å²) < 4.78 is 13.9. The number of aromatic nitrogens is 1. The van der Waals surface area contributed by atoms with Crippen LogP contribution >= 0.6 is 0 Å². The Morgan fingerprint density at radius 3 is 2.37 bits per heavy atom. The number of anilines is 1. The maximum atomic E-state index is 13.9. The van der Waals surface area contributed by atoms with Crippen molar-refractivity contribution in [3.8, 4) is 11.1 Å². The molecule has 136 valence electrons. The van der Waals surface area contributed by atoms with Crippen LogP contribution in [0.1, 0.15) is 34.0 Å². The van der Waals surface area contributed by atoms with E-state index in [1.165, 1.54) is 6.20 Å². The van der Waals surface area contributed by atoms with Crippen molar-refractivity contribution in [1.29, 1.82) is 5.41 Å². The Balaban J connectivity index is 1.85. The fraction of sp³-hybridized carbons (Fsp3) is 0.136. The Hall–Kier alpha value is -3.34. The number of halogens is 1. The second-order valence-electron chi connectivity index (χ2n) is 6.50. The highest BCUT2D eigenvalue weighted by molar-refractivity contribution is 6.05. The van der Waals surface area contributed by atoms with Gasteiger partial charge in [0.25, 0.3) is 5.91 Å². The van der Waals surface area contributed by atoms with E-state index in [1.54, 1.807) is 26.0 Å². The predicted octanol–water partition coefficient (Wildman–Crippen LogP) is 5.14. The molecule has 3 rings (SSSR count). The quantitative estimate of drug-likeness (QED) is 0.632. The number of nitrogens with one attached hydrogen (secondary N) is 2. The van der Waals surface area contributed by atoms with Crippen molar-refractivity contribution in [3.05, 3.63) is 82.9 Å². The Morgan fingerprint density at radius 2 is 1.74 bits per heavy atom. The number of pyridine rings is 1. The van der Waals surface area contributed by atoms with Crippen molar-refractivity contribution in [2.24, 2.45) is 0 Å². The third kappa shape index (κ3) is 3.92. The van der Waals surface area contributed by atoms with Gasteiger partial charge in [-0.05, 0) is 66.8 Å². The van der Waals surface area contributed by atoms with Gasteiger partial charge in [-0.3, -0.25) is 9.78 Å². The van der Waals surface area contributed by atoms with Crippen LogP contribution in [-0.4, -0.2) is 16.6 Å². The Kier molecular flexibility index (Phi) is 5.12. The van der Waals surface area contributed by atoms with Gasteiger partial charge in [0, 0.05) is 17.6 Å². The molecule has 2 N–H and O–H groups in total. The largest absolute Gasteiger partial charge is 0.322 e. The molecule has 0 saturated heterocycles. The molecule has 0 unspecified atom stereocenters. The number of carbonyl (C=O) groups is 1. The van der Waals surface area contributed by atoms with Gasteiger partial charge in [0.15, 0.2) is 5.82 Å². The maximum absolute atomic E-state index is 13.9. The lowest BCUT2D eigenvalue weighted by Gasteiger charge is -2.11. The number of benzene rings is 2. The molecule has 2 aromatic carbocycles. The van der Waals surface area contributed by atoms with Gasteiger partial charge in [0.05, 0.1) is 11.8 Å². The molecular formula is C22H20FN3O. The van der Waals surface area contributed by atoms with E-state index in [2.05, 4.69) is 10.3 Å². The average molecular weight is 361 g/mol. The van der Waals surface area contributed by atoms with Gasteiger partial charge in [0.2, 0.25) is 0 Å². The van der Waals surface area contributed by atoms with Crippen molar-refractivity contribution in [3.63, 3.8) is 0 Å². The summed E-state index contributed by atoms with van der Waals surface area (Å²) in [6.45, 7) is 5.42. The molecule has 5 heteroatoms. The first-order chi connectivity index (χ1) is 12.9. The van der Waals surface area contributed by atoms with E-state index in [0.717, 1.165) is 28.5 Å². The summed E-state index contributed by atoms with van der Waals surface area (Å²) in [4.78, 5) is 16.1. The van der Waals surface area contributed by atoms with Crippen LogP contribution in [0, 0.1) is 25.1 Å². The molecule has 0 aliphatic carbocycles. The molecule has 1 heterocycles. The molecule has 0 aliphatic rings. The lowest BCUT2D eigenvalue weighted by atomic mass is 9.96. The number of carbonyl (C=O) groups excluding carboxylic acids is 1. The summed E-state index contributed by atoms with van der Waals surface area (Å²) in [7, 11) is 0. The van der Waals surface area contributed by atoms with Crippen LogP contribution in [0.15, 0.2) is 54.9 Å². The number of nitrogens with zero attached hydrogens (tertiary/aromatic N) is 1. The highest BCUT2D eigenvalue weighted by Gasteiger charge is 2.15. The topological polar surface area (TPSA) is 65.8 Å². The summed E-state index contributed by atoms with van der Waals surface area (Å²) in [5, 5.41) is 10.5. The van der Waals surface area contributed by atoms with Crippen molar-refractivity contribution >= 4 is 17.3 Å². The van der Waals surface area contributed by atoms with E-state index in [1.807, 2.05) is 37.3 Å². The van der Waals surface area contributed by atoms with Crippen LogP contribution < -0.4 is 5.32 Å². The first-order valence-electron chi connectivity index (χ1n) is 8.55. The average Bonchev–Trinajstić information content (AvgIpc) is 2.62. The van der Waals surface area contributed by atoms with Crippen LogP contribution in [0.5, 0.6) is 0 Å². The van der Waals surface area contributed by atoms with Crippen LogP contribution in [0.2, 0.25) is 0 Å². The molecule has 0 aliphatic heterocycles. The molecule has 4 nitrogen and oxygen atoms in total. The van der Waals surface area contributed by atoms with Gasteiger partial charge in [0.1, 0.15) is 0 Å². The molecule has 0 spiro atoms. The van der Waals surface area contributed by atoms with Crippen LogP contribution in [0.25, 0.3) is 11.1 Å². The highest BCUT2D eigenvalue weighted by Crippen LogP contribution is 2.26. The number of rotatable bonds is 4. The molecule has 0 atom stereocenters. The fourth-order valence-corrected chi connectivity index (χ4v) is 2.91. The monoisotopic (exact) mass is 361 g/mol. The van der Waals surface area contributed by atoms with E-state index in [0.29, 0.717) is 17.0 Å². The molecule has 0 bridgehead atoms. The van der Waals surface area contributed by atoms with E-state index in [-0.39, 0.29) is 5.56 Å². The SMILES string of the molecule is CC(=N)c1ccc(C)c(-c2ccc(NC(=O)c3c(C)cncc3F)cc2)c1. The molecule has 27 heavy (non-hydrogen) atoms. The zero-order chi connectivity index (χ0) is 19.6. The van der Waals surface area contributed by atoms with Crippen molar-refractivity contribution in [2.75, 3.05) is 5.32 Å². The Labute approximate surface area is 157 Å². The Morgan fingerprint density at radius 1 is 1.04 bits per heavy atom. The van der Waals surface area contributed by atoms with Gasteiger partial charge in [-0.25, -0.2) is 4.39 Å². The van der Waals surface area contributed by atoms with Crippen LogP contribution in [0.4, 0.5) is 10.1 Å². The van der Waals surface area contributed by atoms with Gasteiger partial charge < -0.3 is 10.7 Å². The standard InChI is InChI=1S/C22H20FN3O/c1-13-4-5-17(15(3)24)10-19(13)16-6-8-18(9-7-16)26-22(27)21-14(2)11-25-12-20(21)23/h4-12,24H,1-3H3,(H,26,27). The van der Waals surface area contributed by atoms with Gasteiger partial charge in [-0.1, -0.05) is 24.3 Å². The lowest BCUT2D eigenvalue weighted by molar-refractivity contribution is 0.102. The molecule has 3 aromatic rings. The van der Waals surface area contributed by atoms with Crippen LogP contribution in [-0.2, 0) is 0 Å².